The Bertz CT molecular complexity index is 1200. The summed E-state index contributed by atoms with van der Waals surface area (Å²) in [5, 5.41) is 8.20. The maximum atomic E-state index is 13.5. The van der Waals surface area contributed by atoms with Crippen LogP contribution in [0.15, 0.2) is 60.7 Å². The van der Waals surface area contributed by atoms with Crippen LogP contribution in [0.3, 0.4) is 0 Å². The SMILES string of the molecule is CCOc1ccc(C(=O)C2C(=O)CN(c3ccc(C)nn3)C2c2ccc(OC(F)(F)F)cc2)cc1. The third-order valence-electron chi connectivity index (χ3n) is 5.59. The first-order chi connectivity index (χ1) is 16.7. The lowest BCUT2D eigenvalue weighted by Gasteiger charge is -2.28. The van der Waals surface area contributed by atoms with Crippen molar-refractivity contribution in [2.24, 2.45) is 5.92 Å². The Morgan fingerprint density at radius 3 is 2.23 bits per heavy atom. The summed E-state index contributed by atoms with van der Waals surface area (Å²) in [6.07, 6.45) is -4.83. The van der Waals surface area contributed by atoms with E-state index in [9.17, 15) is 22.8 Å². The van der Waals surface area contributed by atoms with Crippen molar-refractivity contribution in [1.29, 1.82) is 0 Å². The van der Waals surface area contributed by atoms with E-state index in [0.29, 0.717) is 35.0 Å². The second-order valence-corrected chi connectivity index (χ2v) is 7.99. The number of carbonyl (C=O) groups excluding carboxylic acids is 2. The average molecular weight is 485 g/mol. The molecule has 1 aliphatic rings. The summed E-state index contributed by atoms with van der Waals surface area (Å²) in [5.74, 6) is -1.25. The van der Waals surface area contributed by atoms with Gasteiger partial charge in [-0.1, -0.05) is 12.1 Å². The average Bonchev–Trinajstić information content (AvgIpc) is 3.16. The Hall–Kier alpha value is -3.95. The van der Waals surface area contributed by atoms with E-state index in [1.54, 1.807) is 48.2 Å². The number of ether oxygens (including phenoxy) is 2. The van der Waals surface area contributed by atoms with Crippen molar-refractivity contribution in [1.82, 2.24) is 10.2 Å². The molecule has 3 aromatic rings. The largest absolute Gasteiger partial charge is 0.573 e. The van der Waals surface area contributed by atoms with Gasteiger partial charge >= 0.3 is 6.36 Å². The van der Waals surface area contributed by atoms with Gasteiger partial charge < -0.3 is 14.4 Å². The second kappa shape index (κ2) is 9.73. The summed E-state index contributed by atoms with van der Waals surface area (Å²) in [6.45, 7) is 3.98. The molecule has 2 unspecified atom stereocenters. The van der Waals surface area contributed by atoms with Gasteiger partial charge in [0.05, 0.1) is 24.9 Å². The fourth-order valence-electron chi connectivity index (χ4n) is 4.08. The van der Waals surface area contributed by atoms with Gasteiger partial charge in [0.2, 0.25) is 0 Å². The van der Waals surface area contributed by atoms with E-state index in [1.807, 2.05) is 6.92 Å². The van der Waals surface area contributed by atoms with Gasteiger partial charge in [0.25, 0.3) is 0 Å². The molecule has 0 aliphatic carbocycles. The topological polar surface area (TPSA) is 81.6 Å². The lowest BCUT2D eigenvalue weighted by molar-refractivity contribution is -0.274. The molecule has 2 heterocycles. The van der Waals surface area contributed by atoms with Crippen LogP contribution in [0.2, 0.25) is 0 Å². The van der Waals surface area contributed by atoms with Crippen LogP contribution in [0.4, 0.5) is 19.0 Å². The predicted octanol–water partition coefficient (Wildman–Crippen LogP) is 4.71. The van der Waals surface area contributed by atoms with E-state index < -0.39 is 29.9 Å². The third-order valence-corrected chi connectivity index (χ3v) is 5.59. The Kier molecular flexibility index (Phi) is 6.72. The normalized spacial score (nSPS) is 18.0. The molecule has 0 amide bonds. The minimum atomic E-state index is -4.83. The number of Topliss-reactive ketones (excluding diaryl/α,β-unsaturated/α-hetero) is 2. The smallest absolute Gasteiger partial charge is 0.494 e. The number of anilines is 1. The number of hydrogen-bond donors (Lipinski definition) is 0. The molecule has 4 rings (SSSR count). The van der Waals surface area contributed by atoms with E-state index >= 15 is 0 Å². The number of hydrogen-bond acceptors (Lipinski definition) is 7. The van der Waals surface area contributed by atoms with Gasteiger partial charge in [-0.05, 0) is 67.9 Å². The maximum Gasteiger partial charge on any atom is 0.573 e. The fraction of sp³-hybridized carbons (Fsp3) is 0.280. The molecule has 0 spiro atoms. The van der Waals surface area contributed by atoms with Gasteiger partial charge in [0.15, 0.2) is 17.4 Å². The molecule has 182 valence electrons. The van der Waals surface area contributed by atoms with Crippen LogP contribution in [0, 0.1) is 12.8 Å². The highest BCUT2D eigenvalue weighted by Gasteiger charge is 2.47. The van der Waals surface area contributed by atoms with Crippen LogP contribution < -0.4 is 14.4 Å². The molecule has 35 heavy (non-hydrogen) atoms. The minimum absolute atomic E-state index is 0.101. The molecule has 1 aliphatic heterocycles. The van der Waals surface area contributed by atoms with Crippen molar-refractivity contribution >= 4 is 17.4 Å². The molecule has 0 bridgehead atoms. The molecule has 0 radical (unpaired) electrons. The number of aryl methyl sites for hydroxylation is 1. The van der Waals surface area contributed by atoms with Gasteiger partial charge in [-0.2, -0.15) is 5.10 Å². The fourth-order valence-corrected chi connectivity index (χ4v) is 4.08. The zero-order chi connectivity index (χ0) is 25.2. The lowest BCUT2D eigenvalue weighted by Crippen LogP contribution is -2.29. The summed E-state index contributed by atoms with van der Waals surface area (Å²) in [5.41, 5.74) is 1.47. The first-order valence-corrected chi connectivity index (χ1v) is 10.9. The number of halogens is 3. The first kappa shape index (κ1) is 24.2. The molecule has 7 nitrogen and oxygen atoms in total. The number of alkyl halides is 3. The highest BCUT2D eigenvalue weighted by molar-refractivity contribution is 6.14. The monoisotopic (exact) mass is 485 g/mol. The summed E-state index contributed by atoms with van der Waals surface area (Å²) >= 11 is 0. The first-order valence-electron chi connectivity index (χ1n) is 10.9. The zero-order valence-corrected chi connectivity index (χ0v) is 19.0. The van der Waals surface area contributed by atoms with Crippen LogP contribution in [0.25, 0.3) is 0 Å². The quantitative estimate of drug-likeness (QED) is 0.354. The van der Waals surface area contributed by atoms with Gasteiger partial charge in [-0.15, -0.1) is 18.3 Å². The number of benzene rings is 2. The zero-order valence-electron chi connectivity index (χ0n) is 19.0. The summed E-state index contributed by atoms with van der Waals surface area (Å²) in [4.78, 5) is 28.3. The van der Waals surface area contributed by atoms with Crippen molar-refractivity contribution in [2.75, 3.05) is 18.1 Å². The molecule has 2 aromatic carbocycles. The Morgan fingerprint density at radius 2 is 1.66 bits per heavy atom. The Morgan fingerprint density at radius 1 is 1.00 bits per heavy atom. The molecule has 0 N–H and O–H groups in total. The lowest BCUT2D eigenvalue weighted by atomic mass is 9.86. The van der Waals surface area contributed by atoms with E-state index in [0.717, 1.165) is 12.1 Å². The van der Waals surface area contributed by atoms with Crippen LogP contribution >= 0.6 is 0 Å². The van der Waals surface area contributed by atoms with E-state index in [-0.39, 0.29) is 12.3 Å². The highest BCUT2D eigenvalue weighted by Crippen LogP contribution is 2.40. The van der Waals surface area contributed by atoms with E-state index in [1.165, 1.54) is 12.1 Å². The van der Waals surface area contributed by atoms with Crippen LogP contribution in [0.5, 0.6) is 11.5 Å². The molecule has 2 atom stereocenters. The summed E-state index contributed by atoms with van der Waals surface area (Å²) in [7, 11) is 0. The number of nitrogens with zero attached hydrogens (tertiary/aromatic N) is 3. The van der Waals surface area contributed by atoms with Crippen molar-refractivity contribution in [3.05, 3.63) is 77.5 Å². The highest BCUT2D eigenvalue weighted by atomic mass is 19.4. The molecule has 1 fully saturated rings. The summed E-state index contributed by atoms with van der Waals surface area (Å²) in [6, 6.07) is 14.2. The van der Waals surface area contributed by atoms with Gasteiger partial charge in [-0.25, -0.2) is 0 Å². The van der Waals surface area contributed by atoms with Crippen molar-refractivity contribution < 1.29 is 32.2 Å². The van der Waals surface area contributed by atoms with E-state index in [2.05, 4.69) is 14.9 Å². The number of rotatable bonds is 7. The standard InChI is InChI=1S/C25H22F3N3O4/c1-3-34-18-9-7-17(8-10-18)24(33)22-20(32)14-31(21-13-4-15(2)29-30-21)23(22)16-5-11-19(12-6-16)35-25(26,27)28/h4-13,22-23H,3,14H2,1-2H3. The molecule has 1 aromatic heterocycles. The number of ketones is 2. The van der Waals surface area contributed by atoms with Crippen LogP contribution in [0.1, 0.15) is 34.6 Å². The molecule has 1 saturated heterocycles. The third kappa shape index (κ3) is 5.42. The molecular weight excluding hydrogens is 463 g/mol. The van der Waals surface area contributed by atoms with Gasteiger partial charge in [0, 0.05) is 5.56 Å². The van der Waals surface area contributed by atoms with E-state index in [4.69, 9.17) is 4.74 Å². The maximum absolute atomic E-state index is 13.5. The van der Waals surface area contributed by atoms with Crippen molar-refractivity contribution in [3.8, 4) is 11.5 Å². The molecule has 10 heteroatoms. The van der Waals surface area contributed by atoms with Gasteiger partial charge in [-0.3, -0.25) is 9.59 Å². The van der Waals surface area contributed by atoms with Crippen LogP contribution in [-0.2, 0) is 4.79 Å². The van der Waals surface area contributed by atoms with Gasteiger partial charge in [0.1, 0.15) is 17.4 Å². The van der Waals surface area contributed by atoms with Crippen molar-refractivity contribution in [3.63, 3.8) is 0 Å². The molecular formula is C25H22F3N3O4. The molecule has 0 saturated carbocycles. The minimum Gasteiger partial charge on any atom is -0.494 e. The Balaban J connectivity index is 1.71. The van der Waals surface area contributed by atoms with Crippen LogP contribution in [-0.4, -0.2) is 41.3 Å². The predicted molar refractivity (Wildman–Crippen MR) is 120 cm³/mol. The Labute approximate surface area is 199 Å². The van der Waals surface area contributed by atoms with Crippen molar-refractivity contribution in [2.45, 2.75) is 26.3 Å². The second-order valence-electron chi connectivity index (χ2n) is 7.99. The summed E-state index contributed by atoms with van der Waals surface area (Å²) < 4.78 is 47.2. The number of aromatic nitrogens is 2. The number of carbonyl (C=O) groups is 2.